The molecule has 21 heavy (non-hydrogen) atoms. The van der Waals surface area contributed by atoms with Crippen molar-refractivity contribution in [2.45, 2.75) is 4.90 Å². The van der Waals surface area contributed by atoms with E-state index in [9.17, 15) is 4.79 Å². The van der Waals surface area contributed by atoms with Gasteiger partial charge in [-0.15, -0.1) is 11.8 Å². The summed E-state index contributed by atoms with van der Waals surface area (Å²) in [6.45, 7) is 0. The number of hydrogen-bond acceptors (Lipinski definition) is 3. The van der Waals surface area contributed by atoms with Crippen molar-refractivity contribution in [3.63, 3.8) is 0 Å². The van der Waals surface area contributed by atoms with Gasteiger partial charge in [-0.3, -0.25) is 4.79 Å². The van der Waals surface area contributed by atoms with Crippen LogP contribution in [-0.2, 0) is 4.79 Å². The van der Waals surface area contributed by atoms with E-state index in [-0.39, 0.29) is 11.7 Å². The SMILES string of the molecule is Nc1ccc(Br)cc1SCC(=O)Nc1cccc(Cl)c1Cl. The Morgan fingerprint density at radius 3 is 2.81 bits per heavy atom. The van der Waals surface area contributed by atoms with Gasteiger partial charge < -0.3 is 11.1 Å². The molecule has 0 bridgehead atoms. The second-order valence-corrected chi connectivity index (χ2v) is 6.84. The molecule has 0 heterocycles. The number of nitrogens with two attached hydrogens (primary N) is 1. The summed E-state index contributed by atoms with van der Waals surface area (Å²) in [6, 6.07) is 10.6. The van der Waals surface area contributed by atoms with Crippen molar-refractivity contribution in [2.75, 3.05) is 16.8 Å². The number of carbonyl (C=O) groups is 1. The number of halogens is 3. The highest BCUT2D eigenvalue weighted by molar-refractivity contribution is 9.10. The van der Waals surface area contributed by atoms with Crippen LogP contribution >= 0.6 is 50.9 Å². The Morgan fingerprint density at radius 1 is 1.29 bits per heavy atom. The molecule has 0 aliphatic carbocycles. The van der Waals surface area contributed by atoms with Crippen LogP contribution in [0.5, 0.6) is 0 Å². The average Bonchev–Trinajstić information content (AvgIpc) is 2.45. The maximum atomic E-state index is 12.0. The molecule has 0 aliphatic heterocycles. The third kappa shape index (κ3) is 4.54. The van der Waals surface area contributed by atoms with Crippen LogP contribution in [0.1, 0.15) is 0 Å². The van der Waals surface area contributed by atoms with Crippen LogP contribution in [0.15, 0.2) is 45.8 Å². The van der Waals surface area contributed by atoms with E-state index in [4.69, 9.17) is 28.9 Å². The second kappa shape index (κ2) is 7.40. The number of nitrogen functional groups attached to an aromatic ring is 1. The third-order valence-corrected chi connectivity index (χ3v) is 4.94. The van der Waals surface area contributed by atoms with Crippen LogP contribution in [0.4, 0.5) is 11.4 Å². The number of benzene rings is 2. The lowest BCUT2D eigenvalue weighted by atomic mass is 10.3. The molecule has 0 aliphatic rings. The number of amides is 1. The van der Waals surface area contributed by atoms with Gasteiger partial charge in [0.25, 0.3) is 0 Å². The van der Waals surface area contributed by atoms with Gasteiger partial charge >= 0.3 is 0 Å². The van der Waals surface area contributed by atoms with Gasteiger partial charge in [0.2, 0.25) is 5.91 Å². The maximum Gasteiger partial charge on any atom is 0.234 e. The quantitative estimate of drug-likeness (QED) is 0.551. The van der Waals surface area contributed by atoms with Crippen LogP contribution in [-0.4, -0.2) is 11.7 Å². The number of carbonyl (C=O) groups excluding carboxylic acids is 1. The maximum absolute atomic E-state index is 12.0. The molecule has 1 amide bonds. The van der Waals surface area contributed by atoms with E-state index in [2.05, 4.69) is 21.2 Å². The summed E-state index contributed by atoms with van der Waals surface area (Å²) < 4.78 is 0.914. The van der Waals surface area contributed by atoms with Gasteiger partial charge in [-0.05, 0) is 30.3 Å². The predicted molar refractivity (Wildman–Crippen MR) is 94.4 cm³/mol. The number of nitrogens with one attached hydrogen (secondary N) is 1. The molecule has 2 aromatic rings. The lowest BCUT2D eigenvalue weighted by Gasteiger charge is -2.09. The zero-order valence-electron chi connectivity index (χ0n) is 10.7. The zero-order chi connectivity index (χ0) is 15.4. The monoisotopic (exact) mass is 404 g/mol. The first-order valence-electron chi connectivity index (χ1n) is 5.89. The fourth-order valence-electron chi connectivity index (χ4n) is 1.56. The Hall–Kier alpha value is -0.880. The summed E-state index contributed by atoms with van der Waals surface area (Å²) in [4.78, 5) is 12.8. The summed E-state index contributed by atoms with van der Waals surface area (Å²) in [5, 5.41) is 3.46. The van der Waals surface area contributed by atoms with Crippen molar-refractivity contribution in [3.05, 3.63) is 50.9 Å². The van der Waals surface area contributed by atoms with Crippen LogP contribution < -0.4 is 11.1 Å². The van der Waals surface area contributed by atoms with E-state index in [0.717, 1.165) is 9.37 Å². The van der Waals surface area contributed by atoms with Crippen LogP contribution in [0.3, 0.4) is 0 Å². The van der Waals surface area contributed by atoms with Crippen LogP contribution in [0.25, 0.3) is 0 Å². The molecule has 3 N–H and O–H groups in total. The van der Waals surface area contributed by atoms with E-state index in [1.54, 1.807) is 24.3 Å². The number of hydrogen-bond donors (Lipinski definition) is 2. The fourth-order valence-corrected chi connectivity index (χ4v) is 3.23. The molecule has 7 heteroatoms. The van der Waals surface area contributed by atoms with E-state index < -0.39 is 0 Å². The Kier molecular flexibility index (Phi) is 5.81. The highest BCUT2D eigenvalue weighted by atomic mass is 79.9. The van der Waals surface area contributed by atoms with Gasteiger partial charge in [0.15, 0.2) is 0 Å². The Balaban J connectivity index is 1.99. The second-order valence-electron chi connectivity index (χ2n) is 4.12. The molecule has 0 fully saturated rings. The molecular weight excluding hydrogens is 395 g/mol. The topological polar surface area (TPSA) is 55.1 Å². The van der Waals surface area contributed by atoms with Gasteiger partial charge in [0.1, 0.15) is 0 Å². The molecule has 0 aromatic heterocycles. The molecule has 2 rings (SSSR count). The number of thioether (sulfide) groups is 1. The number of rotatable bonds is 4. The highest BCUT2D eigenvalue weighted by Crippen LogP contribution is 2.31. The fraction of sp³-hybridized carbons (Fsp3) is 0.0714. The smallest absolute Gasteiger partial charge is 0.234 e. The van der Waals surface area contributed by atoms with Gasteiger partial charge in [0.05, 0.1) is 21.5 Å². The average molecular weight is 406 g/mol. The molecule has 0 saturated heterocycles. The normalized spacial score (nSPS) is 10.4. The molecule has 0 unspecified atom stereocenters. The van der Waals surface area contributed by atoms with Crippen LogP contribution in [0, 0.1) is 0 Å². The van der Waals surface area contributed by atoms with Crippen molar-refractivity contribution in [3.8, 4) is 0 Å². The van der Waals surface area contributed by atoms with Crippen molar-refractivity contribution in [2.24, 2.45) is 0 Å². The van der Waals surface area contributed by atoms with Gasteiger partial charge in [-0.25, -0.2) is 0 Å². The Labute approximate surface area is 145 Å². The molecule has 2 aromatic carbocycles. The first-order valence-corrected chi connectivity index (χ1v) is 8.42. The lowest BCUT2D eigenvalue weighted by Crippen LogP contribution is -2.14. The van der Waals surface area contributed by atoms with Crippen molar-refractivity contribution in [1.29, 1.82) is 0 Å². The van der Waals surface area contributed by atoms with E-state index in [1.807, 2.05) is 12.1 Å². The van der Waals surface area contributed by atoms with Crippen molar-refractivity contribution >= 4 is 68.2 Å². The molecule has 0 saturated carbocycles. The summed E-state index contributed by atoms with van der Waals surface area (Å²) in [5.41, 5.74) is 6.99. The van der Waals surface area contributed by atoms with E-state index in [0.29, 0.717) is 21.4 Å². The summed E-state index contributed by atoms with van der Waals surface area (Å²) in [5.74, 6) is 0.0484. The summed E-state index contributed by atoms with van der Waals surface area (Å²) in [7, 11) is 0. The van der Waals surface area contributed by atoms with Crippen LogP contribution in [0.2, 0.25) is 10.0 Å². The predicted octanol–water partition coefficient (Wildman–Crippen LogP) is 5.07. The first-order chi connectivity index (χ1) is 9.97. The van der Waals surface area contributed by atoms with E-state index >= 15 is 0 Å². The lowest BCUT2D eigenvalue weighted by molar-refractivity contribution is -0.113. The molecule has 110 valence electrons. The Morgan fingerprint density at radius 2 is 2.05 bits per heavy atom. The summed E-state index contributed by atoms with van der Waals surface area (Å²) >= 11 is 16.6. The number of anilines is 2. The molecule has 0 radical (unpaired) electrons. The first kappa shape index (κ1) is 16.5. The van der Waals surface area contributed by atoms with Gasteiger partial charge in [-0.1, -0.05) is 45.2 Å². The molecule has 3 nitrogen and oxygen atoms in total. The van der Waals surface area contributed by atoms with Gasteiger partial charge in [-0.2, -0.15) is 0 Å². The van der Waals surface area contributed by atoms with Gasteiger partial charge in [0, 0.05) is 15.1 Å². The summed E-state index contributed by atoms with van der Waals surface area (Å²) in [6.07, 6.45) is 0. The van der Waals surface area contributed by atoms with Crippen molar-refractivity contribution < 1.29 is 4.79 Å². The Bertz CT molecular complexity index is 682. The van der Waals surface area contributed by atoms with E-state index in [1.165, 1.54) is 11.8 Å². The largest absolute Gasteiger partial charge is 0.398 e. The molecule has 0 atom stereocenters. The minimum Gasteiger partial charge on any atom is -0.398 e. The standard InChI is InChI=1S/C14H11BrCl2N2OS/c15-8-4-5-10(18)12(6-8)21-7-13(20)19-11-3-1-2-9(16)14(11)17/h1-6H,7,18H2,(H,19,20). The zero-order valence-corrected chi connectivity index (χ0v) is 14.6. The minimum absolute atomic E-state index is 0.177. The molecule has 0 spiro atoms. The van der Waals surface area contributed by atoms with Crippen molar-refractivity contribution in [1.82, 2.24) is 0 Å². The third-order valence-electron chi connectivity index (χ3n) is 2.56. The minimum atomic E-state index is -0.177. The molecular formula is C14H11BrCl2N2OS. The highest BCUT2D eigenvalue weighted by Gasteiger charge is 2.10.